The Kier molecular flexibility index (Phi) is 7.84. The van der Waals surface area contributed by atoms with E-state index in [-0.39, 0.29) is 17.6 Å². The Balaban J connectivity index is 1.37. The van der Waals surface area contributed by atoms with Crippen LogP contribution in [0.3, 0.4) is 0 Å². The number of carbonyl (C=O) groups excluding carboxylic acids is 2. The van der Waals surface area contributed by atoms with Crippen LogP contribution in [-0.2, 0) is 11.3 Å². The molecule has 0 saturated heterocycles. The van der Waals surface area contributed by atoms with Gasteiger partial charge in [-0.3, -0.25) is 14.2 Å². The molecule has 0 bridgehead atoms. The molecule has 2 N–H and O–H groups in total. The number of rotatable bonds is 9. The molecule has 4 rings (SSSR count). The number of imidazole rings is 1. The van der Waals surface area contributed by atoms with Gasteiger partial charge in [-0.25, -0.2) is 4.98 Å². The lowest BCUT2D eigenvalue weighted by atomic mass is 10.1. The molecule has 0 aliphatic heterocycles. The van der Waals surface area contributed by atoms with Crippen LogP contribution < -0.4 is 15.4 Å². The maximum Gasteiger partial charge on any atom is 0.251 e. The molecule has 0 atom stereocenters. The second kappa shape index (κ2) is 11.4. The van der Waals surface area contributed by atoms with Gasteiger partial charge in [0.1, 0.15) is 5.75 Å². The zero-order valence-corrected chi connectivity index (χ0v) is 20.3. The number of carbonyl (C=O) groups is 2. The maximum absolute atomic E-state index is 12.7. The highest BCUT2D eigenvalue weighted by Gasteiger charge is 2.12. The van der Waals surface area contributed by atoms with Crippen LogP contribution in [0.1, 0.15) is 21.5 Å². The molecule has 1 heterocycles. The van der Waals surface area contributed by atoms with Crippen molar-refractivity contribution in [1.29, 1.82) is 0 Å². The molecule has 0 spiro atoms. The number of anilines is 1. The van der Waals surface area contributed by atoms with Gasteiger partial charge < -0.3 is 15.4 Å². The number of aryl methyl sites for hydroxylation is 1. The van der Waals surface area contributed by atoms with Gasteiger partial charge >= 0.3 is 0 Å². The minimum atomic E-state index is -0.152. The van der Waals surface area contributed by atoms with Gasteiger partial charge in [-0.1, -0.05) is 47.7 Å². The molecule has 3 aromatic carbocycles. The van der Waals surface area contributed by atoms with Crippen LogP contribution in [0.15, 0.2) is 90.3 Å². The predicted molar refractivity (Wildman–Crippen MR) is 138 cm³/mol. The van der Waals surface area contributed by atoms with Crippen LogP contribution in [0.5, 0.6) is 5.75 Å². The monoisotopic (exact) mass is 486 g/mol. The smallest absolute Gasteiger partial charge is 0.251 e. The quantitative estimate of drug-likeness (QED) is 0.330. The Bertz CT molecular complexity index is 1300. The number of methoxy groups -OCH3 is 1. The van der Waals surface area contributed by atoms with Crippen molar-refractivity contribution in [3.05, 3.63) is 102 Å². The Hall–Kier alpha value is -4.04. The molecule has 0 unspecified atom stereocenters. The van der Waals surface area contributed by atoms with Gasteiger partial charge in [0, 0.05) is 35.9 Å². The number of nitrogens with zero attached hydrogens (tertiary/aromatic N) is 2. The van der Waals surface area contributed by atoms with Gasteiger partial charge in [-0.05, 0) is 55.0 Å². The van der Waals surface area contributed by atoms with Gasteiger partial charge in [0.05, 0.1) is 12.9 Å². The molecule has 35 heavy (non-hydrogen) atoms. The van der Waals surface area contributed by atoms with Crippen molar-refractivity contribution in [2.45, 2.75) is 18.6 Å². The number of ether oxygens (including phenoxy) is 1. The summed E-state index contributed by atoms with van der Waals surface area (Å²) in [5, 5.41) is 6.49. The lowest BCUT2D eigenvalue weighted by Crippen LogP contribution is -2.22. The van der Waals surface area contributed by atoms with E-state index in [2.05, 4.69) is 15.6 Å². The van der Waals surface area contributed by atoms with Crippen molar-refractivity contribution in [2.24, 2.45) is 0 Å². The summed E-state index contributed by atoms with van der Waals surface area (Å²) in [5.74, 6) is 0.629. The third-order valence-electron chi connectivity index (χ3n) is 5.27. The molecule has 0 aliphatic carbocycles. The summed E-state index contributed by atoms with van der Waals surface area (Å²) in [7, 11) is 1.60. The number of thioether (sulfide) groups is 1. The summed E-state index contributed by atoms with van der Waals surface area (Å²) >= 11 is 1.32. The van der Waals surface area contributed by atoms with Gasteiger partial charge in [0.15, 0.2) is 5.16 Å². The van der Waals surface area contributed by atoms with E-state index in [9.17, 15) is 9.59 Å². The molecule has 0 radical (unpaired) electrons. The standard InChI is InChI=1S/C27H26N4O3S/c1-19-6-8-20(9-7-19)17-29-26(33)21-4-3-5-23(16-21)31-15-14-28-27(31)35-18-25(32)30-22-10-12-24(34-2)13-11-22/h3-16H,17-18H2,1-2H3,(H,29,33)(H,30,32). The van der Waals surface area contributed by atoms with E-state index in [1.54, 1.807) is 43.6 Å². The van der Waals surface area contributed by atoms with E-state index in [0.29, 0.717) is 23.0 Å². The fourth-order valence-electron chi connectivity index (χ4n) is 3.38. The Morgan fingerprint density at radius 3 is 2.54 bits per heavy atom. The minimum absolute atomic E-state index is 0.140. The van der Waals surface area contributed by atoms with Gasteiger partial charge in [-0.15, -0.1) is 0 Å². The number of nitrogens with one attached hydrogen (secondary N) is 2. The van der Waals surface area contributed by atoms with Crippen molar-refractivity contribution in [3.63, 3.8) is 0 Å². The summed E-state index contributed by atoms with van der Waals surface area (Å²) in [4.78, 5) is 29.5. The SMILES string of the molecule is COc1ccc(NC(=O)CSc2nccn2-c2cccc(C(=O)NCc3ccc(C)cc3)c2)cc1. The summed E-state index contributed by atoms with van der Waals surface area (Å²) in [6, 6.07) is 22.6. The number of hydrogen-bond donors (Lipinski definition) is 2. The summed E-state index contributed by atoms with van der Waals surface area (Å²) in [6.45, 7) is 2.49. The van der Waals surface area contributed by atoms with Crippen molar-refractivity contribution in [2.75, 3.05) is 18.2 Å². The van der Waals surface area contributed by atoms with Crippen LogP contribution in [0.2, 0.25) is 0 Å². The molecule has 1 aromatic heterocycles. The lowest BCUT2D eigenvalue weighted by molar-refractivity contribution is -0.113. The molecule has 8 heteroatoms. The van der Waals surface area contributed by atoms with Crippen LogP contribution in [0, 0.1) is 6.92 Å². The van der Waals surface area contributed by atoms with E-state index in [1.165, 1.54) is 17.3 Å². The number of aromatic nitrogens is 2. The van der Waals surface area contributed by atoms with Crippen molar-refractivity contribution in [1.82, 2.24) is 14.9 Å². The first-order valence-electron chi connectivity index (χ1n) is 11.1. The first-order valence-corrected chi connectivity index (χ1v) is 12.0. The van der Waals surface area contributed by atoms with Gasteiger partial charge in [0.25, 0.3) is 5.91 Å². The number of amides is 2. The normalized spacial score (nSPS) is 10.6. The van der Waals surface area contributed by atoms with Crippen LogP contribution in [-0.4, -0.2) is 34.2 Å². The molecule has 0 aliphatic rings. The summed E-state index contributed by atoms with van der Waals surface area (Å²) in [6.07, 6.45) is 3.49. The summed E-state index contributed by atoms with van der Waals surface area (Å²) < 4.78 is 7.00. The average Bonchev–Trinajstić information content (AvgIpc) is 3.36. The zero-order chi connectivity index (χ0) is 24.6. The van der Waals surface area contributed by atoms with E-state index >= 15 is 0 Å². The first-order chi connectivity index (χ1) is 17.0. The number of benzene rings is 3. The van der Waals surface area contributed by atoms with Gasteiger partial charge in [0.2, 0.25) is 5.91 Å². The minimum Gasteiger partial charge on any atom is -0.497 e. The molecule has 7 nitrogen and oxygen atoms in total. The van der Waals surface area contributed by atoms with Crippen LogP contribution in [0.25, 0.3) is 5.69 Å². The Morgan fingerprint density at radius 2 is 1.80 bits per heavy atom. The molecule has 178 valence electrons. The van der Waals surface area contributed by atoms with Gasteiger partial charge in [-0.2, -0.15) is 0 Å². The number of hydrogen-bond acceptors (Lipinski definition) is 5. The van der Waals surface area contributed by atoms with E-state index in [0.717, 1.165) is 17.0 Å². The Morgan fingerprint density at radius 1 is 1.03 bits per heavy atom. The van der Waals surface area contributed by atoms with E-state index < -0.39 is 0 Å². The second-order valence-corrected chi connectivity index (χ2v) is 8.81. The zero-order valence-electron chi connectivity index (χ0n) is 19.5. The highest BCUT2D eigenvalue weighted by atomic mass is 32.2. The summed E-state index contributed by atoms with van der Waals surface area (Å²) in [5.41, 5.74) is 4.27. The third kappa shape index (κ3) is 6.51. The second-order valence-electron chi connectivity index (χ2n) is 7.86. The largest absolute Gasteiger partial charge is 0.497 e. The predicted octanol–water partition coefficient (Wildman–Crippen LogP) is 4.85. The lowest BCUT2D eigenvalue weighted by Gasteiger charge is -2.10. The van der Waals surface area contributed by atoms with Crippen LogP contribution in [0.4, 0.5) is 5.69 Å². The fraction of sp³-hybridized carbons (Fsp3) is 0.148. The average molecular weight is 487 g/mol. The first kappa shape index (κ1) is 24.1. The third-order valence-corrected chi connectivity index (χ3v) is 6.24. The molecule has 0 saturated carbocycles. The van der Waals surface area contributed by atoms with Crippen molar-refractivity contribution >= 4 is 29.3 Å². The van der Waals surface area contributed by atoms with Crippen LogP contribution >= 0.6 is 11.8 Å². The van der Waals surface area contributed by atoms with Crippen molar-refractivity contribution < 1.29 is 14.3 Å². The van der Waals surface area contributed by atoms with E-state index in [4.69, 9.17) is 4.74 Å². The molecule has 4 aromatic rings. The topological polar surface area (TPSA) is 85.2 Å². The molecular weight excluding hydrogens is 460 g/mol. The van der Waals surface area contributed by atoms with E-state index in [1.807, 2.05) is 60.2 Å². The fourth-order valence-corrected chi connectivity index (χ4v) is 4.15. The van der Waals surface area contributed by atoms with Crippen molar-refractivity contribution in [3.8, 4) is 11.4 Å². The molecular formula is C27H26N4O3S. The Labute approximate surface area is 208 Å². The highest BCUT2D eigenvalue weighted by Crippen LogP contribution is 2.22. The molecule has 2 amide bonds. The molecule has 0 fully saturated rings. The highest BCUT2D eigenvalue weighted by molar-refractivity contribution is 7.99. The maximum atomic E-state index is 12.7.